The van der Waals surface area contributed by atoms with Gasteiger partial charge in [0, 0.05) is 38.6 Å². The van der Waals surface area contributed by atoms with Gasteiger partial charge in [0.1, 0.15) is 0 Å². The molecule has 10 heteroatoms. The lowest BCUT2D eigenvalue weighted by atomic mass is 10.1. The van der Waals surface area contributed by atoms with Crippen molar-refractivity contribution in [2.75, 3.05) is 20.6 Å². The van der Waals surface area contributed by atoms with Crippen LogP contribution in [-0.4, -0.2) is 63.7 Å². The molecule has 26 heavy (non-hydrogen) atoms. The van der Waals surface area contributed by atoms with Crippen molar-refractivity contribution in [3.8, 4) is 11.3 Å². The van der Waals surface area contributed by atoms with E-state index in [1.807, 2.05) is 0 Å². The average Bonchev–Trinajstić information content (AvgIpc) is 3.12. The van der Waals surface area contributed by atoms with Crippen molar-refractivity contribution in [1.29, 1.82) is 0 Å². The molecule has 0 amide bonds. The molecule has 1 atom stereocenters. The molecule has 9 nitrogen and oxygen atoms in total. The SMILES string of the molecule is CN(C)S(=O)(=O)N1CCCC1c1cncc(-c2cncc(C(=O)O)c2)n1. The average molecular weight is 377 g/mol. The van der Waals surface area contributed by atoms with Gasteiger partial charge in [-0.1, -0.05) is 0 Å². The Morgan fingerprint density at radius 1 is 1.23 bits per heavy atom. The van der Waals surface area contributed by atoms with Crippen LogP contribution in [-0.2, 0) is 10.2 Å². The summed E-state index contributed by atoms with van der Waals surface area (Å²) in [4.78, 5) is 23.7. The highest BCUT2D eigenvalue weighted by Gasteiger charge is 2.37. The number of aromatic nitrogens is 3. The molecule has 1 aliphatic rings. The van der Waals surface area contributed by atoms with Gasteiger partial charge in [-0.25, -0.2) is 9.78 Å². The molecule has 1 N–H and O–H groups in total. The first-order valence-corrected chi connectivity index (χ1v) is 9.40. The van der Waals surface area contributed by atoms with Gasteiger partial charge >= 0.3 is 5.97 Å². The van der Waals surface area contributed by atoms with Crippen LogP contribution in [0.4, 0.5) is 0 Å². The fraction of sp³-hybridized carbons (Fsp3) is 0.375. The van der Waals surface area contributed by atoms with Crippen LogP contribution in [0.15, 0.2) is 30.9 Å². The van der Waals surface area contributed by atoms with Crippen LogP contribution < -0.4 is 0 Å². The third-order valence-corrected chi connectivity index (χ3v) is 6.19. The van der Waals surface area contributed by atoms with Gasteiger partial charge in [0.25, 0.3) is 10.2 Å². The van der Waals surface area contributed by atoms with Crippen molar-refractivity contribution < 1.29 is 18.3 Å². The second kappa shape index (κ2) is 7.06. The lowest BCUT2D eigenvalue weighted by molar-refractivity contribution is 0.0696. The number of hydrogen-bond donors (Lipinski definition) is 1. The Hall–Kier alpha value is -2.43. The normalized spacial score (nSPS) is 18.3. The molecule has 0 bridgehead atoms. The van der Waals surface area contributed by atoms with Crippen LogP contribution in [0, 0.1) is 0 Å². The quantitative estimate of drug-likeness (QED) is 0.831. The zero-order valence-electron chi connectivity index (χ0n) is 14.4. The third kappa shape index (κ3) is 3.43. The first kappa shape index (κ1) is 18.4. The van der Waals surface area contributed by atoms with Gasteiger partial charge in [0.2, 0.25) is 0 Å². The van der Waals surface area contributed by atoms with E-state index in [0.29, 0.717) is 29.9 Å². The van der Waals surface area contributed by atoms with Gasteiger partial charge in [-0.05, 0) is 18.9 Å². The van der Waals surface area contributed by atoms with E-state index in [9.17, 15) is 13.2 Å². The molecule has 0 saturated carbocycles. The van der Waals surface area contributed by atoms with Gasteiger partial charge in [0.05, 0.1) is 35.4 Å². The standard InChI is InChI=1S/C16H19N5O4S/c1-20(2)26(24,25)21-5-3-4-15(21)14-10-18-9-13(19-14)11-6-12(16(22)23)8-17-7-11/h6-10,15H,3-5H2,1-2H3,(H,22,23). The minimum Gasteiger partial charge on any atom is -0.478 e. The van der Waals surface area contributed by atoms with Crippen molar-refractivity contribution in [3.63, 3.8) is 0 Å². The van der Waals surface area contributed by atoms with E-state index in [1.54, 1.807) is 6.20 Å². The van der Waals surface area contributed by atoms with Gasteiger partial charge in [-0.2, -0.15) is 17.0 Å². The lowest BCUT2D eigenvalue weighted by Gasteiger charge is -2.26. The van der Waals surface area contributed by atoms with E-state index in [1.165, 1.54) is 47.4 Å². The first-order valence-electron chi connectivity index (χ1n) is 8.00. The Labute approximate surface area is 151 Å². The molecule has 3 heterocycles. The fourth-order valence-corrected chi connectivity index (χ4v) is 4.21. The monoisotopic (exact) mass is 377 g/mol. The summed E-state index contributed by atoms with van der Waals surface area (Å²) >= 11 is 0. The van der Waals surface area contributed by atoms with Crippen molar-refractivity contribution in [2.45, 2.75) is 18.9 Å². The number of aromatic carboxylic acids is 1. The zero-order valence-corrected chi connectivity index (χ0v) is 15.2. The van der Waals surface area contributed by atoms with E-state index in [-0.39, 0.29) is 5.56 Å². The van der Waals surface area contributed by atoms with Gasteiger partial charge in [0.15, 0.2) is 0 Å². The maximum Gasteiger partial charge on any atom is 0.337 e. The van der Waals surface area contributed by atoms with Crippen LogP contribution in [0.3, 0.4) is 0 Å². The maximum absolute atomic E-state index is 12.5. The Kier molecular flexibility index (Phi) is 4.99. The number of nitrogens with zero attached hydrogens (tertiary/aromatic N) is 5. The topological polar surface area (TPSA) is 117 Å². The van der Waals surface area contributed by atoms with Crippen LogP contribution in [0.2, 0.25) is 0 Å². The Balaban J connectivity index is 1.97. The van der Waals surface area contributed by atoms with Gasteiger partial charge in [-0.3, -0.25) is 9.97 Å². The highest BCUT2D eigenvalue weighted by molar-refractivity contribution is 7.86. The number of carboxylic acids is 1. The van der Waals surface area contributed by atoms with Crippen LogP contribution in [0.25, 0.3) is 11.3 Å². The van der Waals surface area contributed by atoms with E-state index in [2.05, 4.69) is 15.0 Å². The summed E-state index contributed by atoms with van der Waals surface area (Å²) in [6, 6.07) is 1.07. The number of pyridine rings is 1. The Morgan fingerprint density at radius 3 is 2.65 bits per heavy atom. The second-order valence-corrected chi connectivity index (χ2v) is 8.25. The highest BCUT2D eigenvalue weighted by atomic mass is 32.2. The number of rotatable bonds is 5. The number of carbonyl (C=O) groups is 1. The Bertz CT molecular complexity index is 932. The predicted molar refractivity (Wildman–Crippen MR) is 93.5 cm³/mol. The van der Waals surface area contributed by atoms with E-state index in [0.717, 1.165) is 6.42 Å². The smallest absolute Gasteiger partial charge is 0.337 e. The predicted octanol–water partition coefficient (Wildman–Crippen LogP) is 1.18. The molecule has 2 aromatic rings. The van der Waals surface area contributed by atoms with Crippen LogP contribution in [0.5, 0.6) is 0 Å². The molecule has 1 unspecified atom stereocenters. The molecule has 1 fully saturated rings. The van der Waals surface area contributed by atoms with E-state index >= 15 is 0 Å². The molecule has 1 aliphatic heterocycles. The summed E-state index contributed by atoms with van der Waals surface area (Å²) in [5.41, 5.74) is 1.55. The molecular formula is C16H19N5O4S. The highest BCUT2D eigenvalue weighted by Crippen LogP contribution is 2.34. The molecule has 0 aromatic carbocycles. The molecule has 0 radical (unpaired) electrons. The maximum atomic E-state index is 12.5. The molecule has 2 aromatic heterocycles. The van der Waals surface area contributed by atoms with Crippen molar-refractivity contribution in [3.05, 3.63) is 42.1 Å². The Morgan fingerprint density at radius 2 is 1.96 bits per heavy atom. The molecule has 3 rings (SSSR count). The summed E-state index contributed by atoms with van der Waals surface area (Å²) in [7, 11) is -0.569. The minimum atomic E-state index is -3.56. The number of carboxylic acid groups (broad SMARTS) is 1. The molecule has 0 aliphatic carbocycles. The third-order valence-electron chi connectivity index (χ3n) is 4.24. The zero-order chi connectivity index (χ0) is 18.9. The first-order chi connectivity index (χ1) is 12.3. The van der Waals surface area contributed by atoms with Crippen LogP contribution >= 0.6 is 0 Å². The summed E-state index contributed by atoms with van der Waals surface area (Å²) in [5.74, 6) is -1.08. The molecule has 138 valence electrons. The lowest BCUT2D eigenvalue weighted by Crippen LogP contribution is -2.39. The van der Waals surface area contributed by atoms with Crippen molar-refractivity contribution in [1.82, 2.24) is 23.6 Å². The summed E-state index contributed by atoms with van der Waals surface area (Å²) in [5, 5.41) is 9.11. The van der Waals surface area contributed by atoms with Gasteiger partial charge < -0.3 is 5.11 Å². The second-order valence-electron chi connectivity index (χ2n) is 6.16. The molecule has 1 saturated heterocycles. The number of hydrogen-bond acceptors (Lipinski definition) is 6. The van der Waals surface area contributed by atoms with E-state index in [4.69, 9.17) is 5.11 Å². The molecular weight excluding hydrogens is 358 g/mol. The summed E-state index contributed by atoms with van der Waals surface area (Å²) < 4.78 is 27.6. The summed E-state index contributed by atoms with van der Waals surface area (Å²) in [6.07, 6.45) is 7.20. The largest absolute Gasteiger partial charge is 0.478 e. The minimum absolute atomic E-state index is 0.0485. The van der Waals surface area contributed by atoms with Gasteiger partial charge in [-0.15, -0.1) is 0 Å². The van der Waals surface area contributed by atoms with Crippen LogP contribution in [0.1, 0.15) is 34.9 Å². The van der Waals surface area contributed by atoms with Crippen molar-refractivity contribution >= 4 is 16.2 Å². The molecule has 0 spiro atoms. The van der Waals surface area contributed by atoms with E-state index < -0.39 is 22.2 Å². The van der Waals surface area contributed by atoms with Crippen molar-refractivity contribution in [2.24, 2.45) is 0 Å². The summed E-state index contributed by atoms with van der Waals surface area (Å²) in [6.45, 7) is 0.424. The fourth-order valence-electron chi connectivity index (χ4n) is 2.90.